The van der Waals surface area contributed by atoms with Gasteiger partial charge < -0.3 is 10.0 Å². The third-order valence-electron chi connectivity index (χ3n) is 4.42. The van der Waals surface area contributed by atoms with E-state index in [1.165, 1.54) is 15.9 Å². The number of hydrogen-bond donors (Lipinski definition) is 1. The lowest BCUT2D eigenvalue weighted by Gasteiger charge is -2.40. The largest absolute Gasteiger partial charge is 0.481 e. The van der Waals surface area contributed by atoms with Crippen LogP contribution in [-0.2, 0) is 11.3 Å². The van der Waals surface area contributed by atoms with Gasteiger partial charge in [0.2, 0.25) is 0 Å². The van der Waals surface area contributed by atoms with E-state index in [2.05, 4.69) is 15.9 Å². The number of carboxylic acids is 1. The fraction of sp³-hybridized carbons (Fsp3) is 0.263. The maximum absolute atomic E-state index is 14.3. The Labute approximate surface area is 169 Å². The van der Waals surface area contributed by atoms with Gasteiger partial charge in [0.15, 0.2) is 0 Å². The first-order valence-corrected chi connectivity index (χ1v) is 9.49. The summed E-state index contributed by atoms with van der Waals surface area (Å²) in [4.78, 5) is 27.2. The summed E-state index contributed by atoms with van der Waals surface area (Å²) in [5.41, 5.74) is 0.956. The number of rotatable bonds is 5. The van der Waals surface area contributed by atoms with Crippen molar-refractivity contribution in [2.24, 2.45) is 5.92 Å². The Hall–Kier alpha value is -2.12. The second-order valence-electron chi connectivity index (χ2n) is 6.43. The number of benzene rings is 2. The molecule has 0 radical (unpaired) electrons. The molecule has 8 heteroatoms. The molecular formula is C19H17BrClFN2O3. The van der Waals surface area contributed by atoms with E-state index in [-0.39, 0.29) is 36.5 Å². The standard InChI is InChI=1S/C19H17BrClFN2O3/c20-14-4-6-15(7-5-14)24-10-12(8-17(25)26)9-23(19(24)27)11-13-2-1-3-16(21)18(13)22/h1-7,12H,8-11H2,(H,25,26). The zero-order valence-electron chi connectivity index (χ0n) is 14.2. The number of urea groups is 1. The van der Waals surface area contributed by atoms with Crippen LogP contribution in [0, 0.1) is 11.7 Å². The molecule has 1 saturated heterocycles. The van der Waals surface area contributed by atoms with Crippen molar-refractivity contribution < 1.29 is 19.1 Å². The first-order chi connectivity index (χ1) is 12.8. The number of carboxylic acid groups (broad SMARTS) is 1. The Balaban J connectivity index is 1.89. The molecule has 27 heavy (non-hydrogen) atoms. The third-order valence-corrected chi connectivity index (χ3v) is 5.24. The molecule has 1 unspecified atom stereocenters. The second kappa shape index (κ2) is 8.27. The summed E-state index contributed by atoms with van der Waals surface area (Å²) in [6, 6.07) is 11.5. The number of carbonyl (C=O) groups is 2. The minimum absolute atomic E-state index is 0.0104. The Morgan fingerprint density at radius 3 is 2.59 bits per heavy atom. The van der Waals surface area contributed by atoms with Gasteiger partial charge in [0.1, 0.15) is 5.82 Å². The van der Waals surface area contributed by atoms with E-state index >= 15 is 0 Å². The average Bonchev–Trinajstić information content (AvgIpc) is 2.62. The first kappa shape index (κ1) is 19.6. The molecule has 3 rings (SSSR count). The highest BCUT2D eigenvalue weighted by Gasteiger charge is 2.34. The minimum Gasteiger partial charge on any atom is -0.481 e. The van der Waals surface area contributed by atoms with Crippen molar-refractivity contribution >= 4 is 45.2 Å². The summed E-state index contributed by atoms with van der Waals surface area (Å²) in [6.45, 7) is 0.555. The van der Waals surface area contributed by atoms with Crippen LogP contribution in [0.15, 0.2) is 46.9 Å². The summed E-state index contributed by atoms with van der Waals surface area (Å²) in [5.74, 6) is -1.77. The molecule has 142 valence electrons. The van der Waals surface area contributed by atoms with Gasteiger partial charge >= 0.3 is 12.0 Å². The maximum atomic E-state index is 14.3. The molecule has 0 spiro atoms. The molecule has 0 bridgehead atoms. The monoisotopic (exact) mass is 454 g/mol. The number of halogens is 3. The molecule has 1 aliphatic rings. The van der Waals surface area contributed by atoms with Gasteiger partial charge in [0.25, 0.3) is 0 Å². The molecule has 1 heterocycles. The van der Waals surface area contributed by atoms with Crippen LogP contribution in [0.3, 0.4) is 0 Å². The molecule has 1 N–H and O–H groups in total. The van der Waals surface area contributed by atoms with Crippen LogP contribution in [0.25, 0.3) is 0 Å². The fourth-order valence-electron chi connectivity index (χ4n) is 3.18. The van der Waals surface area contributed by atoms with E-state index in [9.17, 15) is 19.1 Å². The van der Waals surface area contributed by atoms with Crippen molar-refractivity contribution in [1.82, 2.24) is 4.90 Å². The van der Waals surface area contributed by atoms with Crippen molar-refractivity contribution in [2.45, 2.75) is 13.0 Å². The maximum Gasteiger partial charge on any atom is 0.324 e. The minimum atomic E-state index is -0.931. The Bertz CT molecular complexity index is 863. The molecule has 2 amide bonds. The van der Waals surface area contributed by atoms with Gasteiger partial charge in [-0.1, -0.05) is 39.7 Å². The van der Waals surface area contributed by atoms with E-state index in [0.29, 0.717) is 17.8 Å². The summed E-state index contributed by atoms with van der Waals surface area (Å²) in [5, 5.41) is 9.17. The van der Waals surface area contributed by atoms with Gasteiger partial charge in [0.05, 0.1) is 18.0 Å². The summed E-state index contributed by atoms with van der Waals surface area (Å²) in [6.07, 6.45) is -0.0746. The number of carbonyl (C=O) groups excluding carboxylic acids is 1. The molecule has 1 fully saturated rings. The van der Waals surface area contributed by atoms with Crippen LogP contribution >= 0.6 is 27.5 Å². The molecule has 0 aliphatic carbocycles. The highest BCUT2D eigenvalue weighted by atomic mass is 79.9. The zero-order chi connectivity index (χ0) is 19.6. The second-order valence-corrected chi connectivity index (χ2v) is 7.75. The van der Waals surface area contributed by atoms with Crippen LogP contribution in [-0.4, -0.2) is 35.1 Å². The van der Waals surface area contributed by atoms with E-state index in [1.54, 1.807) is 24.3 Å². The average molecular weight is 456 g/mol. The number of anilines is 1. The smallest absolute Gasteiger partial charge is 0.324 e. The van der Waals surface area contributed by atoms with E-state index in [4.69, 9.17) is 11.6 Å². The molecule has 0 saturated carbocycles. The van der Waals surface area contributed by atoms with Crippen molar-refractivity contribution in [3.8, 4) is 0 Å². The number of aliphatic carboxylic acids is 1. The lowest BCUT2D eigenvalue weighted by molar-refractivity contribution is -0.138. The zero-order valence-corrected chi connectivity index (χ0v) is 16.6. The molecule has 1 atom stereocenters. The van der Waals surface area contributed by atoms with Crippen molar-refractivity contribution in [3.63, 3.8) is 0 Å². The molecule has 0 aromatic heterocycles. The lowest BCUT2D eigenvalue weighted by Crippen LogP contribution is -2.53. The van der Waals surface area contributed by atoms with Gasteiger partial charge in [0, 0.05) is 34.7 Å². The van der Waals surface area contributed by atoms with Crippen molar-refractivity contribution in [2.75, 3.05) is 18.0 Å². The fourth-order valence-corrected chi connectivity index (χ4v) is 3.63. The number of nitrogens with zero attached hydrogens (tertiary/aromatic N) is 2. The first-order valence-electron chi connectivity index (χ1n) is 8.32. The van der Waals surface area contributed by atoms with E-state index in [1.807, 2.05) is 12.1 Å². The number of amides is 2. The molecule has 2 aromatic carbocycles. The third kappa shape index (κ3) is 4.59. The predicted molar refractivity (Wildman–Crippen MR) is 104 cm³/mol. The van der Waals surface area contributed by atoms with Crippen LogP contribution in [0.4, 0.5) is 14.9 Å². The van der Waals surface area contributed by atoms with Crippen molar-refractivity contribution in [3.05, 3.63) is 63.3 Å². The van der Waals surface area contributed by atoms with Gasteiger partial charge in [-0.05, 0) is 30.3 Å². The van der Waals surface area contributed by atoms with Crippen LogP contribution < -0.4 is 4.90 Å². The lowest BCUT2D eigenvalue weighted by atomic mass is 10.0. The normalized spacial score (nSPS) is 17.3. The molecule has 2 aromatic rings. The summed E-state index contributed by atoms with van der Waals surface area (Å²) < 4.78 is 15.1. The SMILES string of the molecule is O=C(O)CC1CN(Cc2cccc(Cl)c2F)C(=O)N(c2ccc(Br)cc2)C1. The highest BCUT2D eigenvalue weighted by molar-refractivity contribution is 9.10. The molecular weight excluding hydrogens is 439 g/mol. The Morgan fingerprint density at radius 2 is 1.93 bits per heavy atom. The van der Waals surface area contributed by atoms with Crippen molar-refractivity contribution in [1.29, 1.82) is 0 Å². The van der Waals surface area contributed by atoms with E-state index in [0.717, 1.165) is 4.47 Å². The van der Waals surface area contributed by atoms with Gasteiger partial charge in [-0.25, -0.2) is 9.18 Å². The molecule has 5 nitrogen and oxygen atoms in total. The molecule has 1 aliphatic heterocycles. The van der Waals surface area contributed by atoms with Crippen LogP contribution in [0.5, 0.6) is 0 Å². The van der Waals surface area contributed by atoms with Gasteiger partial charge in [-0.2, -0.15) is 0 Å². The Morgan fingerprint density at radius 1 is 1.22 bits per heavy atom. The van der Waals surface area contributed by atoms with Crippen LogP contribution in [0.2, 0.25) is 5.02 Å². The Kier molecular flexibility index (Phi) is 6.01. The predicted octanol–water partition coefficient (Wildman–Crippen LogP) is 4.77. The van der Waals surface area contributed by atoms with Gasteiger partial charge in [-0.15, -0.1) is 0 Å². The topological polar surface area (TPSA) is 60.9 Å². The summed E-state index contributed by atoms with van der Waals surface area (Å²) in [7, 11) is 0. The summed E-state index contributed by atoms with van der Waals surface area (Å²) >= 11 is 9.19. The quantitative estimate of drug-likeness (QED) is 0.706. The van der Waals surface area contributed by atoms with E-state index < -0.39 is 11.8 Å². The highest BCUT2D eigenvalue weighted by Crippen LogP contribution is 2.28. The van der Waals surface area contributed by atoms with Gasteiger partial charge in [-0.3, -0.25) is 9.69 Å². The number of hydrogen-bond acceptors (Lipinski definition) is 2. The van der Waals surface area contributed by atoms with Crippen LogP contribution in [0.1, 0.15) is 12.0 Å².